The van der Waals surface area contributed by atoms with E-state index in [2.05, 4.69) is 4.98 Å². The lowest BCUT2D eigenvalue weighted by atomic mass is 10.00. The molecule has 0 unspecified atom stereocenters. The van der Waals surface area contributed by atoms with E-state index in [-0.39, 0.29) is 17.2 Å². The minimum Gasteiger partial charge on any atom is -0.488 e. The highest BCUT2D eigenvalue weighted by Crippen LogP contribution is 2.31. The van der Waals surface area contributed by atoms with Crippen molar-refractivity contribution in [2.75, 3.05) is 0 Å². The van der Waals surface area contributed by atoms with E-state index in [9.17, 15) is 8.78 Å². The van der Waals surface area contributed by atoms with Gasteiger partial charge >= 0.3 is 0 Å². The summed E-state index contributed by atoms with van der Waals surface area (Å²) in [4.78, 5) is 4.59. The molecule has 0 aliphatic rings. The van der Waals surface area contributed by atoms with Gasteiger partial charge in [0.25, 0.3) is 0 Å². The molecular weight excluding hydrogens is 380 g/mol. The van der Waals surface area contributed by atoms with Gasteiger partial charge in [-0.15, -0.1) is 0 Å². The number of aromatic nitrogens is 1. The fourth-order valence-corrected chi connectivity index (χ4v) is 3.48. The number of pyridine rings is 1. The number of ether oxygens (including phenoxy) is 1. The van der Waals surface area contributed by atoms with E-state index in [1.165, 1.54) is 18.2 Å². The van der Waals surface area contributed by atoms with E-state index < -0.39 is 0 Å². The van der Waals surface area contributed by atoms with E-state index in [1.807, 2.05) is 64.1 Å². The number of rotatable bonds is 3. The number of hydrogen-bond acceptors (Lipinski definition) is 2. The van der Waals surface area contributed by atoms with Crippen LogP contribution in [0.15, 0.2) is 66.7 Å². The molecule has 30 heavy (non-hydrogen) atoms. The van der Waals surface area contributed by atoms with Gasteiger partial charge in [0.05, 0.1) is 11.2 Å². The quantitative estimate of drug-likeness (QED) is 0.357. The van der Waals surface area contributed by atoms with Crippen LogP contribution in [0.25, 0.3) is 33.3 Å². The molecule has 1 heterocycles. The Morgan fingerprint density at radius 3 is 2.17 bits per heavy atom. The fourth-order valence-electron chi connectivity index (χ4n) is 3.48. The molecule has 0 saturated carbocycles. The van der Waals surface area contributed by atoms with Crippen LogP contribution in [0.3, 0.4) is 0 Å². The topological polar surface area (TPSA) is 22.1 Å². The van der Waals surface area contributed by atoms with Gasteiger partial charge in [-0.05, 0) is 81.3 Å². The molecule has 0 amide bonds. The van der Waals surface area contributed by atoms with Crippen LogP contribution in [-0.4, -0.2) is 10.6 Å². The van der Waals surface area contributed by atoms with Crippen LogP contribution >= 0.6 is 0 Å². The predicted molar refractivity (Wildman–Crippen MR) is 118 cm³/mol. The van der Waals surface area contributed by atoms with Gasteiger partial charge < -0.3 is 4.74 Å². The molecule has 2 nitrogen and oxygen atoms in total. The third-order valence-electron chi connectivity index (χ3n) is 4.83. The van der Waals surface area contributed by atoms with Gasteiger partial charge in [-0.2, -0.15) is 0 Å². The van der Waals surface area contributed by atoms with Gasteiger partial charge in [-0.1, -0.05) is 24.3 Å². The van der Waals surface area contributed by atoms with E-state index in [1.54, 1.807) is 12.1 Å². The van der Waals surface area contributed by atoms with Crippen molar-refractivity contribution < 1.29 is 13.5 Å². The molecule has 0 atom stereocenters. The van der Waals surface area contributed by atoms with Crippen molar-refractivity contribution in [1.29, 1.82) is 0 Å². The van der Waals surface area contributed by atoms with Crippen LogP contribution in [0.2, 0.25) is 0 Å². The molecule has 1 aromatic heterocycles. The molecule has 0 saturated heterocycles. The number of nitrogens with zero attached hydrogens (tertiary/aromatic N) is 1. The van der Waals surface area contributed by atoms with Gasteiger partial charge in [-0.25, -0.2) is 13.8 Å². The second-order valence-corrected chi connectivity index (χ2v) is 8.42. The van der Waals surface area contributed by atoms with Crippen molar-refractivity contribution in [2.45, 2.75) is 33.3 Å². The Balaban J connectivity index is 1.67. The van der Waals surface area contributed by atoms with E-state index in [0.29, 0.717) is 22.3 Å². The molecule has 0 N–H and O–H groups in total. The maximum Gasteiger partial charge on any atom is 0.131 e. The molecule has 0 aliphatic heterocycles. The normalized spacial score (nSPS) is 11.7. The minimum atomic E-state index is -0.323. The first kappa shape index (κ1) is 20.0. The number of hydrogen-bond donors (Lipinski definition) is 0. The first-order chi connectivity index (χ1) is 14.2. The SMILES string of the molecule is Cc1cc(-c2ccc(-c3ccc(OC(C)(C)C)cc3)c(F)c2)nc2ccc(F)cc12. The standard InChI is InChI=1S/C26H23F2NO/c1-16-13-25(29-24-12-8-19(27)15-22(16)24)18-7-11-21(23(28)14-18)17-5-9-20(10-6-17)30-26(2,3)4/h5-15H,1-4H3. The Bertz CT molecular complexity index is 1220. The molecule has 4 rings (SSSR count). The molecule has 0 bridgehead atoms. The lowest BCUT2D eigenvalue weighted by Gasteiger charge is -2.21. The third-order valence-corrected chi connectivity index (χ3v) is 4.83. The Morgan fingerprint density at radius 1 is 0.800 bits per heavy atom. The van der Waals surface area contributed by atoms with Crippen molar-refractivity contribution >= 4 is 10.9 Å². The molecular formula is C26H23F2NO. The summed E-state index contributed by atoms with van der Waals surface area (Å²) in [5, 5.41) is 0.758. The lowest BCUT2D eigenvalue weighted by molar-refractivity contribution is 0.131. The van der Waals surface area contributed by atoms with Gasteiger partial charge in [0.1, 0.15) is 23.0 Å². The van der Waals surface area contributed by atoms with E-state index in [4.69, 9.17) is 4.74 Å². The van der Waals surface area contributed by atoms with Crippen LogP contribution in [0, 0.1) is 18.6 Å². The van der Waals surface area contributed by atoms with Crippen molar-refractivity contribution in [1.82, 2.24) is 4.98 Å². The maximum atomic E-state index is 15.0. The lowest BCUT2D eigenvalue weighted by Crippen LogP contribution is -2.22. The van der Waals surface area contributed by atoms with Crippen LogP contribution < -0.4 is 4.74 Å². The molecule has 4 heteroatoms. The monoisotopic (exact) mass is 403 g/mol. The summed E-state index contributed by atoms with van der Waals surface area (Å²) in [5.41, 5.74) is 3.92. The summed E-state index contributed by atoms with van der Waals surface area (Å²) >= 11 is 0. The zero-order valence-electron chi connectivity index (χ0n) is 17.5. The molecule has 152 valence electrons. The van der Waals surface area contributed by atoms with Crippen molar-refractivity contribution in [3.8, 4) is 28.1 Å². The average molecular weight is 403 g/mol. The smallest absolute Gasteiger partial charge is 0.131 e. The second-order valence-electron chi connectivity index (χ2n) is 8.42. The number of aryl methyl sites for hydroxylation is 1. The molecule has 0 spiro atoms. The van der Waals surface area contributed by atoms with Crippen LogP contribution in [-0.2, 0) is 0 Å². The number of benzene rings is 3. The average Bonchev–Trinajstić information content (AvgIpc) is 2.68. The highest BCUT2D eigenvalue weighted by molar-refractivity contribution is 5.85. The Morgan fingerprint density at radius 2 is 1.50 bits per heavy atom. The summed E-state index contributed by atoms with van der Waals surface area (Å²) in [5.74, 6) is 0.126. The molecule has 4 aromatic rings. The predicted octanol–water partition coefficient (Wildman–Crippen LogP) is 7.33. The van der Waals surface area contributed by atoms with Crippen LogP contribution in [0.4, 0.5) is 8.78 Å². The van der Waals surface area contributed by atoms with Gasteiger partial charge in [0.2, 0.25) is 0 Å². The van der Waals surface area contributed by atoms with Crippen molar-refractivity contribution in [3.05, 3.63) is 83.9 Å². The molecule has 3 aromatic carbocycles. The van der Waals surface area contributed by atoms with Crippen LogP contribution in [0.5, 0.6) is 5.75 Å². The van der Waals surface area contributed by atoms with Gasteiger partial charge in [-0.3, -0.25) is 0 Å². The summed E-state index contributed by atoms with van der Waals surface area (Å²) in [6.07, 6.45) is 0. The number of fused-ring (bicyclic) bond motifs is 1. The third kappa shape index (κ3) is 4.18. The first-order valence-corrected chi connectivity index (χ1v) is 9.86. The van der Waals surface area contributed by atoms with Crippen LogP contribution in [0.1, 0.15) is 26.3 Å². The molecule has 0 aliphatic carbocycles. The molecule has 0 fully saturated rings. The summed E-state index contributed by atoms with van der Waals surface area (Å²) in [6, 6.07) is 18.9. The summed E-state index contributed by atoms with van der Waals surface area (Å²) in [6.45, 7) is 7.86. The first-order valence-electron chi connectivity index (χ1n) is 9.86. The zero-order valence-corrected chi connectivity index (χ0v) is 17.5. The fraction of sp³-hybridized carbons (Fsp3) is 0.192. The Hall–Kier alpha value is -3.27. The largest absolute Gasteiger partial charge is 0.488 e. The van der Waals surface area contributed by atoms with E-state index in [0.717, 1.165) is 22.3 Å². The minimum absolute atomic E-state index is 0.287. The Kier molecular flexibility index (Phi) is 5.02. The summed E-state index contributed by atoms with van der Waals surface area (Å²) in [7, 11) is 0. The second kappa shape index (κ2) is 7.52. The number of halogens is 2. The zero-order chi connectivity index (χ0) is 21.5. The highest BCUT2D eigenvalue weighted by atomic mass is 19.1. The maximum absolute atomic E-state index is 15.0. The molecule has 0 radical (unpaired) electrons. The highest BCUT2D eigenvalue weighted by Gasteiger charge is 2.13. The van der Waals surface area contributed by atoms with Crippen molar-refractivity contribution in [3.63, 3.8) is 0 Å². The summed E-state index contributed by atoms with van der Waals surface area (Å²) < 4.78 is 34.3. The van der Waals surface area contributed by atoms with Gasteiger partial charge in [0.15, 0.2) is 0 Å². The van der Waals surface area contributed by atoms with Crippen molar-refractivity contribution in [2.24, 2.45) is 0 Å². The van der Waals surface area contributed by atoms with E-state index >= 15 is 0 Å². The Labute approximate surface area is 175 Å². The van der Waals surface area contributed by atoms with Gasteiger partial charge in [0, 0.05) is 16.5 Å².